The molecule has 0 aliphatic heterocycles. The maximum absolute atomic E-state index is 13.3. The maximum Gasteiger partial charge on any atom is 0.160 e. The van der Waals surface area contributed by atoms with Gasteiger partial charge < -0.3 is 0 Å². The lowest BCUT2D eigenvalue weighted by Crippen LogP contribution is -1.97. The molecule has 5 heteroatoms. The van der Waals surface area contributed by atoms with E-state index in [2.05, 4.69) is 31.9 Å². The molecule has 0 heterocycles. The number of halogens is 5. The Hall–Kier alpha value is -0.450. The van der Waals surface area contributed by atoms with Crippen LogP contribution in [0.1, 0.15) is 16.0 Å². The number of hydrogen-bond donors (Lipinski definition) is 0. The Morgan fingerprint density at radius 1 is 1.06 bits per heavy atom. The average Bonchev–Trinajstić information content (AvgIpc) is 2.33. The zero-order valence-corrected chi connectivity index (χ0v) is 12.9. The molecule has 0 aliphatic rings. The normalized spacial score (nSPS) is 12.5. The largest absolute Gasteiger partial charge is 0.204 e. The minimum Gasteiger partial charge on any atom is -0.204 e. The van der Waals surface area contributed by atoms with E-state index in [1.807, 2.05) is 24.3 Å². The molecule has 0 aliphatic carbocycles. The molecule has 94 valence electrons. The molecule has 0 bridgehead atoms. The molecule has 0 radical (unpaired) electrons. The molecule has 0 fully saturated rings. The molecule has 0 amide bonds. The summed E-state index contributed by atoms with van der Waals surface area (Å²) in [6, 6.07) is 9.60. The summed E-state index contributed by atoms with van der Waals surface area (Å²) < 4.78 is 27.2. The second-order valence-electron chi connectivity index (χ2n) is 3.71. The lowest BCUT2D eigenvalue weighted by atomic mass is 10.0. The SMILES string of the molecule is Fc1cc(Cl)c(C(Br)c2cccc(Br)c2)cc1F. The fourth-order valence-electron chi connectivity index (χ4n) is 1.58. The van der Waals surface area contributed by atoms with Crippen molar-refractivity contribution in [3.05, 3.63) is 68.7 Å². The van der Waals surface area contributed by atoms with Crippen LogP contribution in [0.2, 0.25) is 5.02 Å². The minimum absolute atomic E-state index is 0.191. The molecule has 2 aromatic carbocycles. The topological polar surface area (TPSA) is 0 Å². The highest BCUT2D eigenvalue weighted by atomic mass is 79.9. The van der Waals surface area contributed by atoms with E-state index in [1.54, 1.807) is 0 Å². The molecular weight excluding hydrogens is 389 g/mol. The number of rotatable bonds is 2. The highest BCUT2D eigenvalue weighted by Crippen LogP contribution is 2.36. The van der Waals surface area contributed by atoms with E-state index in [-0.39, 0.29) is 9.85 Å². The highest BCUT2D eigenvalue weighted by molar-refractivity contribution is 9.10. The van der Waals surface area contributed by atoms with E-state index in [9.17, 15) is 8.78 Å². The molecule has 2 rings (SSSR count). The summed E-state index contributed by atoms with van der Waals surface area (Å²) >= 11 is 12.7. The molecule has 1 atom stereocenters. The van der Waals surface area contributed by atoms with Gasteiger partial charge in [0.25, 0.3) is 0 Å². The van der Waals surface area contributed by atoms with Crippen molar-refractivity contribution in [2.45, 2.75) is 4.83 Å². The summed E-state index contributed by atoms with van der Waals surface area (Å²) in [7, 11) is 0. The molecule has 18 heavy (non-hydrogen) atoms. The molecule has 0 saturated heterocycles. The quantitative estimate of drug-likeness (QED) is 0.440. The van der Waals surface area contributed by atoms with Gasteiger partial charge in [0, 0.05) is 9.50 Å². The number of alkyl halides is 1. The van der Waals surface area contributed by atoms with Crippen molar-refractivity contribution in [2.24, 2.45) is 0 Å². The molecule has 2 aromatic rings. The Balaban J connectivity index is 2.46. The van der Waals surface area contributed by atoms with Gasteiger partial charge >= 0.3 is 0 Å². The third kappa shape index (κ3) is 2.92. The van der Waals surface area contributed by atoms with E-state index in [1.165, 1.54) is 0 Å². The van der Waals surface area contributed by atoms with Gasteiger partial charge in [0.1, 0.15) is 0 Å². The summed E-state index contributed by atoms with van der Waals surface area (Å²) in [6.45, 7) is 0. The van der Waals surface area contributed by atoms with Crippen molar-refractivity contribution >= 4 is 43.5 Å². The van der Waals surface area contributed by atoms with Crippen molar-refractivity contribution < 1.29 is 8.78 Å². The predicted molar refractivity (Wildman–Crippen MR) is 76.3 cm³/mol. The summed E-state index contributed by atoms with van der Waals surface area (Å²) in [5, 5.41) is 0.191. The molecule has 0 nitrogen and oxygen atoms in total. The Bertz CT molecular complexity index is 587. The van der Waals surface area contributed by atoms with E-state index in [0.717, 1.165) is 22.2 Å². The standard InChI is InChI=1S/C13H7Br2ClF2/c14-8-3-1-2-7(4-8)13(15)9-5-11(17)12(18)6-10(9)16/h1-6,13H. The highest BCUT2D eigenvalue weighted by Gasteiger charge is 2.17. The van der Waals surface area contributed by atoms with Crippen LogP contribution in [0.3, 0.4) is 0 Å². The molecular formula is C13H7Br2ClF2. The fraction of sp³-hybridized carbons (Fsp3) is 0.0769. The van der Waals surface area contributed by atoms with Crippen LogP contribution >= 0.6 is 43.5 Å². The van der Waals surface area contributed by atoms with Gasteiger partial charge in [0.2, 0.25) is 0 Å². The average molecular weight is 396 g/mol. The number of hydrogen-bond acceptors (Lipinski definition) is 0. The second-order valence-corrected chi connectivity index (χ2v) is 5.94. The summed E-state index contributed by atoms with van der Waals surface area (Å²) in [4.78, 5) is -0.294. The third-order valence-corrected chi connectivity index (χ3v) is 4.30. The summed E-state index contributed by atoms with van der Waals surface area (Å²) in [5.41, 5.74) is 1.39. The first kappa shape index (κ1) is 14.0. The fourth-order valence-corrected chi connectivity index (χ4v) is 3.05. The zero-order valence-electron chi connectivity index (χ0n) is 8.93. The maximum atomic E-state index is 13.3. The Labute approximate surface area is 125 Å². The van der Waals surface area contributed by atoms with Crippen molar-refractivity contribution in [2.75, 3.05) is 0 Å². The Morgan fingerprint density at radius 3 is 2.39 bits per heavy atom. The van der Waals surface area contributed by atoms with Crippen LogP contribution in [0.5, 0.6) is 0 Å². The van der Waals surface area contributed by atoms with Gasteiger partial charge in [-0.3, -0.25) is 0 Å². The van der Waals surface area contributed by atoms with Crippen LogP contribution in [-0.4, -0.2) is 0 Å². The Morgan fingerprint density at radius 2 is 1.72 bits per heavy atom. The first-order valence-electron chi connectivity index (χ1n) is 5.03. The molecule has 0 saturated carbocycles. The van der Waals surface area contributed by atoms with Crippen LogP contribution in [0.25, 0.3) is 0 Å². The smallest absolute Gasteiger partial charge is 0.160 e. The molecule has 0 aromatic heterocycles. The first-order valence-corrected chi connectivity index (χ1v) is 7.11. The van der Waals surface area contributed by atoms with Crippen LogP contribution in [0.15, 0.2) is 40.9 Å². The Kier molecular flexibility index (Phi) is 4.41. The van der Waals surface area contributed by atoms with Crippen molar-refractivity contribution in [3.63, 3.8) is 0 Å². The summed E-state index contributed by atoms with van der Waals surface area (Å²) in [5.74, 6) is -1.86. The van der Waals surface area contributed by atoms with Crippen LogP contribution in [0.4, 0.5) is 8.78 Å². The molecule has 1 unspecified atom stereocenters. The van der Waals surface area contributed by atoms with Gasteiger partial charge in [-0.25, -0.2) is 8.78 Å². The van der Waals surface area contributed by atoms with Gasteiger partial charge in [-0.2, -0.15) is 0 Å². The second kappa shape index (κ2) is 5.68. The van der Waals surface area contributed by atoms with Gasteiger partial charge in [-0.05, 0) is 35.4 Å². The number of benzene rings is 2. The third-order valence-electron chi connectivity index (χ3n) is 2.45. The van der Waals surface area contributed by atoms with Gasteiger partial charge in [0.05, 0.1) is 4.83 Å². The van der Waals surface area contributed by atoms with Gasteiger partial charge in [-0.15, -0.1) is 0 Å². The van der Waals surface area contributed by atoms with E-state index < -0.39 is 11.6 Å². The first-order chi connectivity index (χ1) is 8.49. The van der Waals surface area contributed by atoms with Crippen LogP contribution in [0, 0.1) is 11.6 Å². The molecule has 0 spiro atoms. The van der Waals surface area contributed by atoms with Crippen molar-refractivity contribution in [1.29, 1.82) is 0 Å². The van der Waals surface area contributed by atoms with Crippen molar-refractivity contribution in [1.82, 2.24) is 0 Å². The predicted octanol–water partition coefficient (Wildman–Crippen LogP) is 5.87. The monoisotopic (exact) mass is 394 g/mol. The van der Waals surface area contributed by atoms with Crippen LogP contribution < -0.4 is 0 Å². The van der Waals surface area contributed by atoms with Gasteiger partial charge in [0.15, 0.2) is 11.6 Å². The molecule has 0 N–H and O–H groups in total. The lowest BCUT2D eigenvalue weighted by molar-refractivity contribution is 0.507. The lowest BCUT2D eigenvalue weighted by Gasteiger charge is -2.13. The van der Waals surface area contributed by atoms with E-state index in [0.29, 0.717) is 5.56 Å². The zero-order chi connectivity index (χ0) is 13.3. The van der Waals surface area contributed by atoms with E-state index in [4.69, 9.17) is 11.6 Å². The minimum atomic E-state index is -0.947. The van der Waals surface area contributed by atoms with E-state index >= 15 is 0 Å². The summed E-state index contributed by atoms with van der Waals surface area (Å²) in [6.07, 6.45) is 0. The van der Waals surface area contributed by atoms with Gasteiger partial charge in [-0.1, -0.05) is 55.6 Å². The van der Waals surface area contributed by atoms with Crippen LogP contribution in [-0.2, 0) is 0 Å². The van der Waals surface area contributed by atoms with Crippen molar-refractivity contribution in [3.8, 4) is 0 Å².